The summed E-state index contributed by atoms with van der Waals surface area (Å²) < 4.78 is 104. The Kier molecular flexibility index (Phi) is 9.98. The molecule has 0 amide bonds. The predicted molar refractivity (Wildman–Crippen MR) is 90.6 cm³/mol. The highest BCUT2D eigenvalue weighted by molar-refractivity contribution is 7.93. The molecule has 0 spiro atoms. The monoisotopic (exact) mass is 468 g/mol. The number of hydrogen-bond donors (Lipinski definition) is 0. The SMILES string of the molecule is CCc1ccccc1-n1cc[n+](C)c1.O=S([O-])C(F)(F)F.[NH-]S(=O)(=O)C(F)(F)F. The maximum atomic E-state index is 10.8. The molecule has 0 saturated carbocycles. The molecule has 0 aliphatic carbocycles. The zero-order valence-electron chi connectivity index (χ0n) is 14.9. The minimum atomic E-state index is -5.59. The first-order valence-electron chi connectivity index (χ1n) is 7.34. The lowest BCUT2D eigenvalue weighted by atomic mass is 10.1. The van der Waals surface area contributed by atoms with Crippen molar-refractivity contribution in [3.05, 3.63) is 53.7 Å². The van der Waals surface area contributed by atoms with Crippen molar-refractivity contribution in [1.29, 1.82) is 0 Å². The molecule has 1 unspecified atom stereocenters. The van der Waals surface area contributed by atoms with Crippen molar-refractivity contribution in [1.82, 2.24) is 4.57 Å². The van der Waals surface area contributed by atoms with Gasteiger partial charge in [0.05, 0.1) is 18.1 Å². The second-order valence-electron chi connectivity index (χ2n) is 5.10. The number of halogens is 6. The lowest BCUT2D eigenvalue weighted by molar-refractivity contribution is -0.670. The van der Waals surface area contributed by atoms with E-state index in [1.54, 1.807) is 0 Å². The molecule has 0 bridgehead atoms. The van der Waals surface area contributed by atoms with Gasteiger partial charge in [0, 0.05) is 0 Å². The Bertz CT molecular complexity index is 911. The van der Waals surface area contributed by atoms with Crippen LogP contribution in [0.25, 0.3) is 10.8 Å². The van der Waals surface area contributed by atoms with Gasteiger partial charge in [-0.15, -0.1) is 0 Å². The molecule has 29 heavy (non-hydrogen) atoms. The number of alkyl halides is 6. The summed E-state index contributed by atoms with van der Waals surface area (Å²) in [6.07, 6.45) is 7.27. The molecule has 0 radical (unpaired) electrons. The number of nitrogens with zero attached hydrogens (tertiary/aromatic N) is 2. The number of sulfonamides is 1. The second-order valence-corrected chi connectivity index (χ2v) is 7.50. The summed E-state index contributed by atoms with van der Waals surface area (Å²) in [6, 6.07) is 8.49. The molecule has 1 aromatic heterocycles. The normalized spacial score (nSPS) is 12.9. The smallest absolute Gasteiger partial charge is 0.479 e. The molecule has 1 atom stereocenters. The molecule has 2 aromatic rings. The van der Waals surface area contributed by atoms with Crippen molar-refractivity contribution in [2.75, 3.05) is 0 Å². The molecule has 0 aliphatic rings. The Hall–Kier alpha value is -1.97. The molecule has 1 aromatic carbocycles. The van der Waals surface area contributed by atoms with Crippen LogP contribution in [0.4, 0.5) is 26.3 Å². The Morgan fingerprint density at radius 2 is 1.62 bits per heavy atom. The standard InChI is InChI=1S/C12H15N2.CHF3NO2S.CHF3O2S/c1-3-11-6-4-5-7-12(11)14-9-8-13(2)10-14;2-1(3,4)8(5,6)7;2-1(3,4)7(5)6/h4-10H,3H2,1-2H3;(H-,5,6,7);(H,5,6)/q+1;-1;/p-1. The molecular weight excluding hydrogens is 452 g/mol. The number of hydrogen-bond acceptors (Lipinski definition) is 4. The van der Waals surface area contributed by atoms with Crippen LogP contribution < -0.4 is 4.57 Å². The number of rotatable bonds is 2. The zero-order valence-corrected chi connectivity index (χ0v) is 16.5. The van der Waals surface area contributed by atoms with Crippen molar-refractivity contribution in [3.63, 3.8) is 0 Å². The Balaban J connectivity index is 0.000000450. The molecule has 1 N–H and O–H groups in total. The summed E-state index contributed by atoms with van der Waals surface area (Å²) in [5.74, 6) is 0. The van der Waals surface area contributed by atoms with Crippen LogP contribution >= 0.6 is 0 Å². The summed E-state index contributed by atoms with van der Waals surface area (Å²) in [5.41, 5.74) is -7.85. The largest absolute Gasteiger partial charge is 0.766 e. The Morgan fingerprint density at radius 1 is 1.17 bits per heavy atom. The lowest BCUT2D eigenvalue weighted by Crippen LogP contribution is -2.23. The van der Waals surface area contributed by atoms with Gasteiger partial charge in [-0.2, -0.15) is 26.3 Å². The maximum Gasteiger partial charge on any atom is 0.479 e. The Morgan fingerprint density at radius 3 is 1.93 bits per heavy atom. The minimum Gasteiger partial charge on any atom is -0.766 e. The first-order valence-corrected chi connectivity index (χ1v) is 9.90. The van der Waals surface area contributed by atoms with Crippen LogP contribution in [0, 0.1) is 0 Å². The number of nitrogens with one attached hydrogen (secondary N) is 1. The van der Waals surface area contributed by atoms with Crippen LogP contribution in [0.5, 0.6) is 0 Å². The van der Waals surface area contributed by atoms with Crippen LogP contribution in [-0.2, 0) is 34.6 Å². The van der Waals surface area contributed by atoms with Crippen molar-refractivity contribution in [3.8, 4) is 5.69 Å². The Labute approximate surface area is 165 Å². The molecule has 166 valence electrons. The van der Waals surface area contributed by atoms with Crippen molar-refractivity contribution >= 4 is 21.1 Å². The third-order valence-corrected chi connectivity index (χ3v) is 3.90. The predicted octanol–water partition coefficient (Wildman–Crippen LogP) is 3.14. The van der Waals surface area contributed by atoms with Crippen LogP contribution in [0.1, 0.15) is 12.5 Å². The lowest BCUT2D eigenvalue weighted by Gasteiger charge is -2.07. The van der Waals surface area contributed by atoms with E-state index in [4.69, 9.17) is 13.9 Å². The van der Waals surface area contributed by atoms with E-state index in [9.17, 15) is 34.8 Å². The van der Waals surface area contributed by atoms with Gasteiger partial charge >= 0.3 is 11.0 Å². The average molecular weight is 468 g/mol. The highest BCUT2D eigenvalue weighted by atomic mass is 32.2. The van der Waals surface area contributed by atoms with Gasteiger partial charge in [0.15, 0.2) is 10.0 Å². The molecular formula is C14H16F6N3O4S2-. The molecule has 15 heteroatoms. The fourth-order valence-electron chi connectivity index (χ4n) is 1.65. The van der Waals surface area contributed by atoms with Crippen LogP contribution in [0.15, 0.2) is 43.0 Å². The highest BCUT2D eigenvalue weighted by Crippen LogP contribution is 2.23. The number of aromatic nitrogens is 2. The van der Waals surface area contributed by atoms with E-state index < -0.39 is 32.1 Å². The van der Waals surface area contributed by atoms with E-state index in [0.29, 0.717) is 0 Å². The van der Waals surface area contributed by atoms with Gasteiger partial charge in [-0.3, -0.25) is 4.21 Å². The molecule has 0 saturated heterocycles. The van der Waals surface area contributed by atoms with E-state index in [1.807, 2.05) is 17.8 Å². The van der Waals surface area contributed by atoms with Gasteiger partial charge in [-0.1, -0.05) is 25.1 Å². The maximum absolute atomic E-state index is 10.8. The molecule has 1 heterocycles. The quantitative estimate of drug-likeness (QED) is 0.383. The van der Waals surface area contributed by atoms with Gasteiger partial charge in [-0.25, -0.2) is 17.6 Å². The van der Waals surface area contributed by atoms with E-state index in [0.717, 1.165) is 6.42 Å². The van der Waals surface area contributed by atoms with Gasteiger partial charge in [0.1, 0.15) is 18.1 Å². The van der Waals surface area contributed by atoms with Crippen molar-refractivity contribution in [2.24, 2.45) is 7.05 Å². The summed E-state index contributed by atoms with van der Waals surface area (Å²) >= 11 is -3.93. The van der Waals surface area contributed by atoms with Gasteiger partial charge in [0.2, 0.25) is 6.33 Å². The number of imidazole rings is 1. The van der Waals surface area contributed by atoms with E-state index >= 15 is 0 Å². The van der Waals surface area contributed by atoms with E-state index in [2.05, 4.69) is 48.3 Å². The number of benzene rings is 1. The van der Waals surface area contributed by atoms with Gasteiger partial charge in [-0.05, 0) is 18.1 Å². The third-order valence-electron chi connectivity index (χ3n) is 2.91. The molecule has 0 aliphatic heterocycles. The molecule has 7 nitrogen and oxygen atoms in total. The second kappa shape index (κ2) is 10.7. The topological polar surface area (TPSA) is 107 Å². The fourth-order valence-corrected chi connectivity index (χ4v) is 1.65. The summed E-state index contributed by atoms with van der Waals surface area (Å²) in [4.78, 5) is 0. The first-order chi connectivity index (χ1) is 13.0. The molecule has 2 rings (SSSR count). The third kappa shape index (κ3) is 9.87. The van der Waals surface area contributed by atoms with Crippen molar-refractivity contribution in [2.45, 2.75) is 24.4 Å². The zero-order chi connectivity index (χ0) is 23.0. The summed E-state index contributed by atoms with van der Waals surface area (Å²) in [6.45, 7) is 2.18. The van der Waals surface area contributed by atoms with Gasteiger partial charge in [0.25, 0.3) is 0 Å². The van der Waals surface area contributed by atoms with Crippen LogP contribution in [0.2, 0.25) is 0 Å². The highest BCUT2D eigenvalue weighted by Gasteiger charge is 2.36. The van der Waals surface area contributed by atoms with Crippen molar-refractivity contribution < 1.29 is 48.1 Å². The minimum absolute atomic E-state index is 1.07. The van der Waals surface area contributed by atoms with Crippen LogP contribution in [-0.4, -0.2) is 32.8 Å². The fraction of sp³-hybridized carbons (Fsp3) is 0.357. The van der Waals surface area contributed by atoms with Crippen LogP contribution in [0.3, 0.4) is 0 Å². The van der Waals surface area contributed by atoms with E-state index in [1.165, 1.54) is 11.3 Å². The number of aryl methyl sites for hydroxylation is 2. The molecule has 0 fully saturated rings. The summed E-state index contributed by atoms with van der Waals surface area (Å²) in [5, 5.41) is 5.43. The first kappa shape index (κ1) is 27.0. The number of para-hydroxylation sites is 1. The van der Waals surface area contributed by atoms with Gasteiger partial charge < -0.3 is 9.69 Å². The average Bonchev–Trinajstić information content (AvgIpc) is 2.99. The summed E-state index contributed by atoms with van der Waals surface area (Å²) in [7, 11) is -3.56. The van der Waals surface area contributed by atoms with E-state index in [-0.39, 0.29) is 0 Å².